The average molecular weight is 311 g/mol. The first kappa shape index (κ1) is 17.5. The van der Waals surface area contributed by atoms with Crippen molar-refractivity contribution in [2.24, 2.45) is 0 Å². The summed E-state index contributed by atoms with van der Waals surface area (Å²) in [5.74, 6) is 2.40. The molecule has 116 valence electrons. The summed E-state index contributed by atoms with van der Waals surface area (Å²) in [5, 5.41) is 7.33. The number of nitrogens with zero attached hydrogens (tertiary/aromatic N) is 3. The lowest BCUT2D eigenvalue weighted by atomic mass is 10.2. The molecule has 0 fully saturated rings. The molecule has 0 aromatic carbocycles. The Labute approximate surface area is 131 Å². The highest BCUT2D eigenvalue weighted by molar-refractivity contribution is 6.32. The van der Waals surface area contributed by atoms with E-state index in [1.165, 1.54) is 10.9 Å². The normalized spacial score (nSPS) is 11.2. The Morgan fingerprint density at radius 3 is 2.57 bits per heavy atom. The number of halogens is 1. The smallest absolute Gasteiger partial charge is 0.292 e. The van der Waals surface area contributed by atoms with Gasteiger partial charge in [0.15, 0.2) is 0 Å². The SMILES string of the molecule is C#CCn1ncc(Cl)c(NCCN(C(C)C)C(C)C)c1=O. The molecule has 0 amide bonds. The molecule has 0 saturated heterocycles. The van der Waals surface area contributed by atoms with Gasteiger partial charge in [-0.05, 0) is 27.7 Å². The molecule has 0 saturated carbocycles. The molecule has 1 aromatic heterocycles. The van der Waals surface area contributed by atoms with Gasteiger partial charge in [0.1, 0.15) is 12.2 Å². The van der Waals surface area contributed by atoms with Crippen LogP contribution in [0.15, 0.2) is 11.0 Å². The Kier molecular flexibility index (Phi) is 6.73. The summed E-state index contributed by atoms with van der Waals surface area (Å²) in [6.45, 7) is 10.2. The lowest BCUT2D eigenvalue weighted by molar-refractivity contribution is 0.182. The minimum atomic E-state index is -0.291. The second-order valence-electron chi connectivity index (χ2n) is 5.39. The molecular formula is C15H23ClN4O. The van der Waals surface area contributed by atoms with Gasteiger partial charge in [0, 0.05) is 25.2 Å². The third-order valence-corrected chi connectivity index (χ3v) is 3.52. The molecule has 0 aliphatic rings. The maximum Gasteiger partial charge on any atom is 0.292 e. The fraction of sp³-hybridized carbons (Fsp3) is 0.600. The van der Waals surface area contributed by atoms with Crippen molar-refractivity contribution < 1.29 is 0 Å². The third-order valence-electron chi connectivity index (χ3n) is 3.24. The summed E-state index contributed by atoms with van der Waals surface area (Å²) >= 11 is 6.04. The zero-order valence-corrected chi connectivity index (χ0v) is 13.8. The van der Waals surface area contributed by atoms with Gasteiger partial charge in [-0.2, -0.15) is 5.10 Å². The molecule has 1 N–H and O–H groups in total. The number of nitrogens with one attached hydrogen (secondary N) is 1. The maximum absolute atomic E-state index is 12.2. The highest BCUT2D eigenvalue weighted by atomic mass is 35.5. The largest absolute Gasteiger partial charge is 0.378 e. The minimum absolute atomic E-state index is 0.134. The van der Waals surface area contributed by atoms with E-state index in [0.29, 0.717) is 29.3 Å². The number of terminal acetylenes is 1. The first-order chi connectivity index (χ1) is 9.88. The number of aromatic nitrogens is 2. The van der Waals surface area contributed by atoms with E-state index < -0.39 is 0 Å². The summed E-state index contributed by atoms with van der Waals surface area (Å²) < 4.78 is 1.22. The van der Waals surface area contributed by atoms with E-state index in [0.717, 1.165) is 6.54 Å². The van der Waals surface area contributed by atoms with E-state index in [4.69, 9.17) is 18.0 Å². The number of hydrogen-bond donors (Lipinski definition) is 1. The number of rotatable bonds is 7. The molecule has 0 unspecified atom stereocenters. The molecule has 1 heterocycles. The Morgan fingerprint density at radius 2 is 2.05 bits per heavy atom. The topological polar surface area (TPSA) is 50.2 Å². The van der Waals surface area contributed by atoms with Gasteiger partial charge >= 0.3 is 0 Å². The van der Waals surface area contributed by atoms with Crippen LogP contribution in [0.2, 0.25) is 5.02 Å². The molecule has 0 bridgehead atoms. The Balaban J connectivity index is 2.78. The van der Waals surface area contributed by atoms with Gasteiger partial charge in [0.2, 0.25) is 0 Å². The van der Waals surface area contributed by atoms with Gasteiger partial charge in [0.05, 0.1) is 11.2 Å². The first-order valence-electron chi connectivity index (χ1n) is 7.07. The Hall–Kier alpha value is -1.51. The second-order valence-corrected chi connectivity index (χ2v) is 5.79. The molecular weight excluding hydrogens is 288 g/mol. The van der Waals surface area contributed by atoms with Crippen molar-refractivity contribution in [1.82, 2.24) is 14.7 Å². The van der Waals surface area contributed by atoms with Crippen LogP contribution in [-0.4, -0.2) is 39.9 Å². The average Bonchev–Trinajstić information content (AvgIpc) is 2.40. The molecule has 0 radical (unpaired) electrons. The van der Waals surface area contributed by atoms with E-state index in [-0.39, 0.29) is 12.1 Å². The molecule has 6 heteroatoms. The van der Waals surface area contributed by atoms with E-state index >= 15 is 0 Å². The van der Waals surface area contributed by atoms with Gasteiger partial charge in [0.25, 0.3) is 5.56 Å². The zero-order chi connectivity index (χ0) is 16.0. The standard InChI is InChI=1S/C15H23ClN4O/c1-6-8-20-15(21)14(13(16)10-18-20)17-7-9-19(11(2)3)12(4)5/h1,10-12,17H,7-9H2,2-5H3. The summed E-state index contributed by atoms with van der Waals surface area (Å²) in [4.78, 5) is 14.5. The fourth-order valence-electron chi connectivity index (χ4n) is 2.25. The molecule has 0 atom stereocenters. The van der Waals surface area contributed by atoms with Crippen LogP contribution in [0.3, 0.4) is 0 Å². The van der Waals surface area contributed by atoms with Crippen molar-refractivity contribution in [3.05, 3.63) is 21.6 Å². The van der Waals surface area contributed by atoms with Gasteiger partial charge in [-0.25, -0.2) is 4.68 Å². The molecule has 1 aromatic rings. The van der Waals surface area contributed by atoms with Crippen molar-refractivity contribution in [2.75, 3.05) is 18.4 Å². The highest BCUT2D eigenvalue weighted by Crippen LogP contribution is 2.15. The second kappa shape index (κ2) is 8.06. The third kappa shape index (κ3) is 4.76. The highest BCUT2D eigenvalue weighted by Gasteiger charge is 2.14. The van der Waals surface area contributed by atoms with Gasteiger partial charge in [-0.3, -0.25) is 9.69 Å². The van der Waals surface area contributed by atoms with Crippen LogP contribution in [0.1, 0.15) is 27.7 Å². The van der Waals surface area contributed by atoms with Crippen LogP contribution in [0, 0.1) is 12.3 Å². The van der Waals surface area contributed by atoms with E-state index in [2.05, 4.69) is 48.9 Å². The van der Waals surface area contributed by atoms with Crippen molar-refractivity contribution in [3.63, 3.8) is 0 Å². The maximum atomic E-state index is 12.2. The van der Waals surface area contributed by atoms with Crippen LogP contribution in [0.25, 0.3) is 0 Å². The Bertz CT molecular complexity index is 552. The van der Waals surface area contributed by atoms with E-state index in [1.54, 1.807) is 0 Å². The summed E-state index contributed by atoms with van der Waals surface area (Å²) in [6.07, 6.45) is 6.65. The summed E-state index contributed by atoms with van der Waals surface area (Å²) in [5.41, 5.74) is 0.0653. The monoisotopic (exact) mass is 310 g/mol. The van der Waals surface area contributed by atoms with Gasteiger partial charge in [-0.15, -0.1) is 6.42 Å². The fourth-order valence-corrected chi connectivity index (χ4v) is 2.44. The predicted molar refractivity (Wildman–Crippen MR) is 87.8 cm³/mol. The van der Waals surface area contributed by atoms with Crippen molar-refractivity contribution in [1.29, 1.82) is 0 Å². The van der Waals surface area contributed by atoms with Crippen LogP contribution in [-0.2, 0) is 6.54 Å². The quantitative estimate of drug-likeness (QED) is 0.783. The van der Waals surface area contributed by atoms with Crippen molar-refractivity contribution in [3.8, 4) is 12.3 Å². The van der Waals surface area contributed by atoms with Crippen LogP contribution < -0.4 is 10.9 Å². The molecule has 21 heavy (non-hydrogen) atoms. The van der Waals surface area contributed by atoms with Gasteiger partial charge < -0.3 is 5.32 Å². The zero-order valence-electron chi connectivity index (χ0n) is 13.1. The lowest BCUT2D eigenvalue weighted by Crippen LogP contribution is -2.40. The lowest BCUT2D eigenvalue weighted by Gasteiger charge is -2.30. The summed E-state index contributed by atoms with van der Waals surface area (Å²) in [6, 6.07) is 0.885. The Morgan fingerprint density at radius 1 is 1.43 bits per heavy atom. The van der Waals surface area contributed by atoms with E-state index in [9.17, 15) is 4.79 Å². The molecule has 5 nitrogen and oxygen atoms in total. The first-order valence-corrected chi connectivity index (χ1v) is 7.45. The molecule has 0 aliphatic heterocycles. The number of anilines is 1. The minimum Gasteiger partial charge on any atom is -0.378 e. The predicted octanol–water partition coefficient (Wildman–Crippen LogP) is 2.06. The van der Waals surface area contributed by atoms with Gasteiger partial charge in [-0.1, -0.05) is 17.5 Å². The molecule has 1 rings (SSSR count). The summed E-state index contributed by atoms with van der Waals surface area (Å²) in [7, 11) is 0. The van der Waals surface area contributed by atoms with Crippen molar-refractivity contribution in [2.45, 2.75) is 46.3 Å². The molecule has 0 spiro atoms. The van der Waals surface area contributed by atoms with Crippen LogP contribution in [0.4, 0.5) is 5.69 Å². The van der Waals surface area contributed by atoms with E-state index in [1.807, 2.05) is 0 Å². The number of hydrogen-bond acceptors (Lipinski definition) is 4. The van der Waals surface area contributed by atoms with Crippen LogP contribution in [0.5, 0.6) is 0 Å². The van der Waals surface area contributed by atoms with Crippen molar-refractivity contribution >= 4 is 17.3 Å². The van der Waals surface area contributed by atoms with Crippen LogP contribution >= 0.6 is 11.6 Å². The molecule has 0 aliphatic carbocycles.